The van der Waals surface area contributed by atoms with E-state index in [2.05, 4.69) is 26.3 Å². The molecule has 136 valence electrons. The van der Waals surface area contributed by atoms with E-state index in [1.54, 1.807) is 33.6 Å². The minimum Gasteiger partial charge on any atom is -0.315 e. The first kappa shape index (κ1) is 17.6. The zero-order valence-electron chi connectivity index (χ0n) is 14.3. The molecule has 2 atom stereocenters. The number of fused-ring (bicyclic) bond motifs is 1. The molecule has 0 unspecified atom stereocenters. The number of anilines is 1. The van der Waals surface area contributed by atoms with Gasteiger partial charge in [-0.3, -0.25) is 9.59 Å². The van der Waals surface area contributed by atoms with Crippen molar-refractivity contribution in [2.45, 2.75) is 37.2 Å². The second kappa shape index (κ2) is 6.74. The predicted molar refractivity (Wildman–Crippen MR) is 105 cm³/mol. The molecule has 1 aromatic heterocycles. The summed E-state index contributed by atoms with van der Waals surface area (Å²) in [5, 5.41) is 7.27. The molecule has 0 radical (unpaired) electrons. The Kier molecular flexibility index (Phi) is 4.56. The standard InChI is InChI=1S/C18H19BrN4O2S/c1-18-8-6-16(24)23(18)14(11-26-18)17(25)21-15-7-9-20-22(15)10-12-2-4-13(19)5-3-12/h2-5,7,9,14H,6,8,10-11H2,1H3,(H,21,25)/t14-,18-/m0/s1. The summed E-state index contributed by atoms with van der Waals surface area (Å²) >= 11 is 5.12. The van der Waals surface area contributed by atoms with Crippen molar-refractivity contribution >= 4 is 45.3 Å². The fourth-order valence-electron chi connectivity index (χ4n) is 3.55. The topological polar surface area (TPSA) is 67.2 Å². The Morgan fingerprint density at radius 2 is 2.15 bits per heavy atom. The number of carbonyl (C=O) groups excluding carboxylic acids is 2. The normalized spacial score (nSPS) is 24.8. The second-order valence-electron chi connectivity index (χ2n) is 6.76. The molecule has 2 aromatic rings. The van der Waals surface area contributed by atoms with Gasteiger partial charge in [0.2, 0.25) is 11.8 Å². The van der Waals surface area contributed by atoms with Crippen LogP contribution in [0, 0.1) is 0 Å². The maximum Gasteiger partial charge on any atom is 0.249 e. The number of nitrogens with one attached hydrogen (secondary N) is 1. The highest BCUT2D eigenvalue weighted by molar-refractivity contribution is 9.10. The quantitative estimate of drug-likeness (QED) is 0.802. The molecule has 2 saturated heterocycles. The van der Waals surface area contributed by atoms with Gasteiger partial charge < -0.3 is 10.2 Å². The van der Waals surface area contributed by atoms with E-state index in [-0.39, 0.29) is 16.7 Å². The van der Waals surface area contributed by atoms with Crippen molar-refractivity contribution in [1.29, 1.82) is 0 Å². The third-order valence-electron chi connectivity index (χ3n) is 4.96. The monoisotopic (exact) mass is 434 g/mol. The largest absolute Gasteiger partial charge is 0.315 e. The van der Waals surface area contributed by atoms with Crippen LogP contribution in [-0.4, -0.2) is 43.2 Å². The third-order valence-corrected chi connectivity index (χ3v) is 6.99. The van der Waals surface area contributed by atoms with E-state index in [4.69, 9.17) is 0 Å². The van der Waals surface area contributed by atoms with E-state index in [1.807, 2.05) is 31.2 Å². The van der Waals surface area contributed by atoms with Gasteiger partial charge in [0.05, 0.1) is 17.6 Å². The van der Waals surface area contributed by atoms with Crippen molar-refractivity contribution in [3.8, 4) is 0 Å². The van der Waals surface area contributed by atoms with Crippen LogP contribution in [-0.2, 0) is 16.1 Å². The number of benzene rings is 1. The summed E-state index contributed by atoms with van der Waals surface area (Å²) in [5.74, 6) is 1.20. The average molecular weight is 435 g/mol. The van der Waals surface area contributed by atoms with E-state index in [1.165, 1.54) is 0 Å². The highest BCUT2D eigenvalue weighted by Gasteiger charge is 2.52. The van der Waals surface area contributed by atoms with Crippen molar-refractivity contribution < 1.29 is 9.59 Å². The minimum absolute atomic E-state index is 0.0704. The summed E-state index contributed by atoms with van der Waals surface area (Å²) in [4.78, 5) is 26.6. The molecule has 2 amide bonds. The number of hydrogen-bond acceptors (Lipinski definition) is 4. The molecule has 0 spiro atoms. The maximum atomic E-state index is 12.8. The van der Waals surface area contributed by atoms with Crippen LogP contribution in [0.5, 0.6) is 0 Å². The Morgan fingerprint density at radius 1 is 1.38 bits per heavy atom. The number of carbonyl (C=O) groups is 2. The minimum atomic E-state index is -0.420. The van der Waals surface area contributed by atoms with Crippen LogP contribution in [0.25, 0.3) is 0 Å². The molecule has 0 bridgehead atoms. The molecule has 4 rings (SSSR count). The molecule has 26 heavy (non-hydrogen) atoms. The molecule has 2 aliphatic heterocycles. The molecular weight excluding hydrogens is 416 g/mol. The van der Waals surface area contributed by atoms with Crippen molar-refractivity contribution in [3.63, 3.8) is 0 Å². The van der Waals surface area contributed by atoms with E-state index in [0.29, 0.717) is 24.5 Å². The number of thioether (sulfide) groups is 1. The molecule has 8 heteroatoms. The average Bonchev–Trinajstić information content (AvgIpc) is 3.26. The number of amides is 2. The lowest BCUT2D eigenvalue weighted by Crippen LogP contribution is -2.48. The van der Waals surface area contributed by atoms with Crippen LogP contribution in [0.3, 0.4) is 0 Å². The van der Waals surface area contributed by atoms with Crippen molar-refractivity contribution in [2.75, 3.05) is 11.1 Å². The molecule has 2 fully saturated rings. The summed E-state index contributed by atoms with van der Waals surface area (Å²) in [6.45, 7) is 2.61. The van der Waals surface area contributed by atoms with Gasteiger partial charge in [0.1, 0.15) is 11.9 Å². The predicted octanol–water partition coefficient (Wildman–Crippen LogP) is 3.09. The lowest BCUT2D eigenvalue weighted by atomic mass is 10.2. The van der Waals surface area contributed by atoms with Gasteiger partial charge in [-0.2, -0.15) is 5.10 Å². The van der Waals surface area contributed by atoms with Gasteiger partial charge in [-0.25, -0.2) is 4.68 Å². The molecule has 0 aliphatic carbocycles. The van der Waals surface area contributed by atoms with Gasteiger partial charge in [-0.1, -0.05) is 28.1 Å². The highest BCUT2D eigenvalue weighted by Crippen LogP contribution is 2.47. The van der Waals surface area contributed by atoms with Crippen LogP contribution in [0.1, 0.15) is 25.3 Å². The maximum absolute atomic E-state index is 12.8. The van der Waals surface area contributed by atoms with E-state index >= 15 is 0 Å². The van der Waals surface area contributed by atoms with E-state index in [9.17, 15) is 9.59 Å². The first-order valence-electron chi connectivity index (χ1n) is 8.49. The van der Waals surface area contributed by atoms with Gasteiger partial charge in [0, 0.05) is 22.7 Å². The summed E-state index contributed by atoms with van der Waals surface area (Å²) in [7, 11) is 0. The Labute approximate surface area is 164 Å². The zero-order valence-corrected chi connectivity index (χ0v) is 16.7. The third kappa shape index (κ3) is 3.16. The molecule has 1 N–H and O–H groups in total. The summed E-state index contributed by atoms with van der Waals surface area (Å²) in [6.07, 6.45) is 3.00. The first-order chi connectivity index (χ1) is 12.5. The number of nitrogens with zero attached hydrogens (tertiary/aromatic N) is 3. The Morgan fingerprint density at radius 3 is 2.92 bits per heavy atom. The summed E-state index contributed by atoms with van der Waals surface area (Å²) in [5.41, 5.74) is 1.09. The van der Waals surface area contributed by atoms with E-state index < -0.39 is 6.04 Å². The molecule has 6 nitrogen and oxygen atoms in total. The lowest BCUT2D eigenvalue weighted by Gasteiger charge is -2.29. The Hall–Kier alpha value is -1.80. The Bertz CT molecular complexity index is 853. The van der Waals surface area contributed by atoms with E-state index in [0.717, 1.165) is 16.5 Å². The highest BCUT2D eigenvalue weighted by atomic mass is 79.9. The van der Waals surface area contributed by atoms with Crippen LogP contribution in [0.2, 0.25) is 0 Å². The van der Waals surface area contributed by atoms with Crippen molar-refractivity contribution in [2.24, 2.45) is 0 Å². The fourth-order valence-corrected chi connectivity index (χ4v) is 5.25. The lowest BCUT2D eigenvalue weighted by molar-refractivity contribution is -0.135. The van der Waals surface area contributed by atoms with Crippen molar-refractivity contribution in [1.82, 2.24) is 14.7 Å². The zero-order chi connectivity index (χ0) is 18.3. The number of hydrogen-bond donors (Lipinski definition) is 1. The van der Waals surface area contributed by atoms with Crippen molar-refractivity contribution in [3.05, 3.63) is 46.6 Å². The van der Waals surface area contributed by atoms with Gasteiger partial charge in [-0.15, -0.1) is 11.8 Å². The Balaban J connectivity index is 1.48. The molecular formula is C18H19BrN4O2S. The number of aromatic nitrogens is 2. The van der Waals surface area contributed by atoms with Gasteiger partial charge in [0.25, 0.3) is 0 Å². The SMILES string of the molecule is C[C@]12CCC(=O)N1[C@H](C(=O)Nc1ccnn1Cc1ccc(Br)cc1)CS2. The number of rotatable bonds is 4. The van der Waals surface area contributed by atoms with Crippen LogP contribution >= 0.6 is 27.7 Å². The van der Waals surface area contributed by atoms with Gasteiger partial charge in [0.15, 0.2) is 0 Å². The molecule has 1 aromatic carbocycles. The van der Waals surface area contributed by atoms with Crippen LogP contribution in [0.15, 0.2) is 41.0 Å². The molecule has 2 aliphatic rings. The summed E-state index contributed by atoms with van der Waals surface area (Å²) in [6, 6.07) is 9.35. The second-order valence-corrected chi connectivity index (χ2v) is 9.17. The van der Waals surface area contributed by atoms with Gasteiger partial charge >= 0.3 is 0 Å². The van der Waals surface area contributed by atoms with Gasteiger partial charge in [-0.05, 0) is 31.0 Å². The number of halogens is 1. The molecule has 0 saturated carbocycles. The smallest absolute Gasteiger partial charge is 0.249 e. The molecule has 3 heterocycles. The fraction of sp³-hybridized carbons (Fsp3) is 0.389. The summed E-state index contributed by atoms with van der Waals surface area (Å²) < 4.78 is 2.78. The first-order valence-corrected chi connectivity index (χ1v) is 10.3. The van der Waals surface area contributed by atoms with Crippen LogP contribution in [0.4, 0.5) is 5.82 Å². The van der Waals surface area contributed by atoms with Crippen LogP contribution < -0.4 is 5.32 Å².